The fourth-order valence-electron chi connectivity index (χ4n) is 1.37. The van der Waals surface area contributed by atoms with E-state index in [-0.39, 0.29) is 11.0 Å². The molecule has 0 aromatic carbocycles. The quantitative estimate of drug-likeness (QED) is 0.681. The molecule has 1 N–H and O–H groups in total. The van der Waals surface area contributed by atoms with E-state index in [1.807, 2.05) is 0 Å². The third-order valence-electron chi connectivity index (χ3n) is 2.50. The highest BCUT2D eigenvalue weighted by Crippen LogP contribution is 2.39. The van der Waals surface area contributed by atoms with E-state index in [0.717, 1.165) is 19.4 Å². The number of nitrogens with one attached hydrogen (secondary N) is 1. The van der Waals surface area contributed by atoms with Crippen molar-refractivity contribution in [3.8, 4) is 6.07 Å². The van der Waals surface area contributed by atoms with Crippen LogP contribution in [-0.2, 0) is 0 Å². The van der Waals surface area contributed by atoms with Crippen LogP contribution in [-0.4, -0.2) is 12.1 Å². The molecule has 0 heterocycles. The lowest BCUT2D eigenvalue weighted by Gasteiger charge is -2.37. The molecule has 0 atom stereocenters. The minimum atomic E-state index is -0.0344. The highest BCUT2D eigenvalue weighted by molar-refractivity contribution is 5.06. The molecule has 1 fully saturated rings. The molecular weight excluding hydrogens is 148 g/mol. The van der Waals surface area contributed by atoms with Crippen molar-refractivity contribution in [2.45, 2.75) is 45.6 Å². The monoisotopic (exact) mass is 166 g/mol. The SMILES string of the molecule is CC(C)(C)NCC1(C#N)CCC1. The predicted octanol–water partition coefficient (Wildman–Crippen LogP) is 2.07. The van der Waals surface area contributed by atoms with Gasteiger partial charge in [-0.25, -0.2) is 0 Å². The topological polar surface area (TPSA) is 35.8 Å². The predicted molar refractivity (Wildman–Crippen MR) is 49.7 cm³/mol. The van der Waals surface area contributed by atoms with Gasteiger partial charge in [-0.2, -0.15) is 5.26 Å². The zero-order chi connectivity index (χ0) is 9.24. The molecule has 1 aliphatic carbocycles. The van der Waals surface area contributed by atoms with Crippen LogP contribution in [0.25, 0.3) is 0 Å². The summed E-state index contributed by atoms with van der Waals surface area (Å²) in [5.41, 5.74) is 0.104. The van der Waals surface area contributed by atoms with Gasteiger partial charge in [-0.15, -0.1) is 0 Å². The lowest BCUT2D eigenvalue weighted by Crippen LogP contribution is -2.46. The number of nitriles is 1. The van der Waals surface area contributed by atoms with E-state index >= 15 is 0 Å². The van der Waals surface area contributed by atoms with Gasteiger partial charge < -0.3 is 5.32 Å². The van der Waals surface area contributed by atoms with Gasteiger partial charge in [-0.1, -0.05) is 6.42 Å². The van der Waals surface area contributed by atoms with E-state index in [4.69, 9.17) is 5.26 Å². The van der Waals surface area contributed by atoms with E-state index in [1.54, 1.807) is 0 Å². The molecule has 0 spiro atoms. The maximum Gasteiger partial charge on any atom is 0.0703 e. The van der Waals surface area contributed by atoms with Crippen molar-refractivity contribution in [1.82, 2.24) is 5.32 Å². The highest BCUT2D eigenvalue weighted by Gasteiger charge is 2.37. The second-order valence-corrected chi connectivity index (χ2v) is 4.85. The Morgan fingerprint density at radius 2 is 2.00 bits per heavy atom. The molecule has 0 unspecified atom stereocenters. The smallest absolute Gasteiger partial charge is 0.0703 e. The van der Waals surface area contributed by atoms with Crippen LogP contribution in [0.2, 0.25) is 0 Å². The molecule has 0 aromatic rings. The molecule has 0 radical (unpaired) electrons. The van der Waals surface area contributed by atoms with Crippen molar-refractivity contribution < 1.29 is 0 Å². The molecule has 0 amide bonds. The van der Waals surface area contributed by atoms with E-state index in [1.165, 1.54) is 6.42 Å². The van der Waals surface area contributed by atoms with Crippen molar-refractivity contribution in [2.75, 3.05) is 6.54 Å². The number of nitrogens with zero attached hydrogens (tertiary/aromatic N) is 1. The Hall–Kier alpha value is -0.550. The minimum absolute atomic E-state index is 0.0344. The van der Waals surface area contributed by atoms with Crippen molar-refractivity contribution in [1.29, 1.82) is 5.26 Å². The first-order valence-corrected chi connectivity index (χ1v) is 4.64. The van der Waals surface area contributed by atoms with Gasteiger partial charge in [0.2, 0.25) is 0 Å². The van der Waals surface area contributed by atoms with Gasteiger partial charge in [0.25, 0.3) is 0 Å². The van der Waals surface area contributed by atoms with Crippen LogP contribution in [0, 0.1) is 16.7 Å². The summed E-state index contributed by atoms with van der Waals surface area (Å²) in [6.07, 6.45) is 3.37. The van der Waals surface area contributed by atoms with Gasteiger partial charge in [0.1, 0.15) is 0 Å². The molecule has 0 saturated heterocycles. The zero-order valence-corrected chi connectivity index (χ0v) is 8.28. The van der Waals surface area contributed by atoms with Gasteiger partial charge in [0.05, 0.1) is 11.5 Å². The summed E-state index contributed by atoms with van der Waals surface area (Å²) >= 11 is 0. The summed E-state index contributed by atoms with van der Waals surface area (Å²) in [5, 5.41) is 12.3. The zero-order valence-electron chi connectivity index (χ0n) is 8.28. The lowest BCUT2D eigenvalue weighted by atomic mass is 9.70. The molecule has 68 valence electrons. The average Bonchev–Trinajstić information content (AvgIpc) is 1.84. The molecule has 1 rings (SSSR count). The van der Waals surface area contributed by atoms with Gasteiger partial charge in [0.15, 0.2) is 0 Å². The summed E-state index contributed by atoms with van der Waals surface area (Å²) in [6, 6.07) is 2.42. The first kappa shape index (κ1) is 9.54. The molecule has 0 aliphatic heterocycles. The molecule has 1 aliphatic rings. The van der Waals surface area contributed by atoms with Gasteiger partial charge in [-0.05, 0) is 33.6 Å². The summed E-state index contributed by atoms with van der Waals surface area (Å²) in [4.78, 5) is 0. The van der Waals surface area contributed by atoms with E-state index in [0.29, 0.717) is 0 Å². The van der Waals surface area contributed by atoms with E-state index < -0.39 is 0 Å². The lowest BCUT2D eigenvalue weighted by molar-refractivity contribution is 0.189. The maximum atomic E-state index is 8.94. The first-order chi connectivity index (χ1) is 5.47. The summed E-state index contributed by atoms with van der Waals surface area (Å²) in [6.45, 7) is 7.26. The van der Waals surface area contributed by atoms with Crippen molar-refractivity contribution in [3.05, 3.63) is 0 Å². The van der Waals surface area contributed by atoms with Crippen LogP contribution in [0.5, 0.6) is 0 Å². The Balaban J connectivity index is 2.36. The summed E-state index contributed by atoms with van der Waals surface area (Å²) in [7, 11) is 0. The fourth-order valence-corrected chi connectivity index (χ4v) is 1.37. The Bertz CT molecular complexity index is 191. The normalized spacial score (nSPS) is 21.2. The van der Waals surface area contributed by atoms with Crippen LogP contribution >= 0.6 is 0 Å². The largest absolute Gasteiger partial charge is 0.310 e. The van der Waals surface area contributed by atoms with Crippen molar-refractivity contribution >= 4 is 0 Å². The Morgan fingerprint density at radius 3 is 2.25 bits per heavy atom. The van der Waals surface area contributed by atoms with Crippen LogP contribution in [0.4, 0.5) is 0 Å². The molecule has 0 bridgehead atoms. The van der Waals surface area contributed by atoms with Gasteiger partial charge in [0, 0.05) is 12.1 Å². The van der Waals surface area contributed by atoms with Crippen molar-refractivity contribution in [3.63, 3.8) is 0 Å². The standard InChI is InChI=1S/C10H18N2/c1-9(2,3)12-8-10(7-11)5-4-6-10/h12H,4-6,8H2,1-3H3. The Labute approximate surface area is 75.0 Å². The third-order valence-corrected chi connectivity index (χ3v) is 2.50. The number of rotatable bonds is 2. The molecule has 1 saturated carbocycles. The first-order valence-electron chi connectivity index (χ1n) is 4.64. The number of hydrogen-bond donors (Lipinski definition) is 1. The maximum absolute atomic E-state index is 8.94. The summed E-state index contributed by atoms with van der Waals surface area (Å²) < 4.78 is 0. The minimum Gasteiger partial charge on any atom is -0.310 e. The summed E-state index contributed by atoms with van der Waals surface area (Å²) in [5.74, 6) is 0. The average molecular weight is 166 g/mol. The van der Waals surface area contributed by atoms with Gasteiger partial charge in [-0.3, -0.25) is 0 Å². The molecule has 2 nitrogen and oxygen atoms in total. The number of hydrogen-bond acceptors (Lipinski definition) is 2. The Kier molecular flexibility index (Phi) is 2.44. The second kappa shape index (κ2) is 3.06. The molecular formula is C10H18N2. The molecule has 2 heteroatoms. The third kappa shape index (κ3) is 2.22. The van der Waals surface area contributed by atoms with Crippen LogP contribution < -0.4 is 5.32 Å². The van der Waals surface area contributed by atoms with E-state index in [9.17, 15) is 0 Å². The van der Waals surface area contributed by atoms with Crippen LogP contribution in [0.15, 0.2) is 0 Å². The van der Waals surface area contributed by atoms with Crippen LogP contribution in [0.1, 0.15) is 40.0 Å². The molecule has 12 heavy (non-hydrogen) atoms. The van der Waals surface area contributed by atoms with E-state index in [2.05, 4.69) is 32.2 Å². The highest BCUT2D eigenvalue weighted by atomic mass is 15.0. The second-order valence-electron chi connectivity index (χ2n) is 4.85. The fraction of sp³-hybridized carbons (Fsp3) is 0.900. The van der Waals surface area contributed by atoms with Crippen LogP contribution in [0.3, 0.4) is 0 Å². The molecule has 0 aromatic heterocycles. The Morgan fingerprint density at radius 1 is 1.42 bits per heavy atom. The van der Waals surface area contributed by atoms with Gasteiger partial charge >= 0.3 is 0 Å². The van der Waals surface area contributed by atoms with Crippen molar-refractivity contribution in [2.24, 2.45) is 5.41 Å².